The minimum Gasteiger partial charge on any atom is -0.478 e. The lowest BCUT2D eigenvalue weighted by Crippen LogP contribution is -2.16. The third kappa shape index (κ3) is 7.26. The van der Waals surface area contributed by atoms with E-state index in [2.05, 4.69) is 22.9 Å². The molecule has 0 aromatic carbocycles. The number of carboxylic acids is 1. The second-order valence-electron chi connectivity index (χ2n) is 3.41. The van der Waals surface area contributed by atoms with Gasteiger partial charge in [-0.3, -0.25) is 0 Å². The number of carboxylic acid groups (broad SMARTS) is 1. The third-order valence-corrected chi connectivity index (χ3v) is 1.56. The molecule has 0 aromatic heterocycles. The van der Waals surface area contributed by atoms with Crippen molar-refractivity contribution in [1.29, 1.82) is 0 Å². The van der Waals surface area contributed by atoms with Crippen molar-refractivity contribution < 1.29 is 29.2 Å². The molecule has 0 bridgehead atoms. The predicted molar refractivity (Wildman–Crippen MR) is 58.8 cm³/mol. The monoisotopic (exact) mass is 244 g/mol. The first-order valence-electron chi connectivity index (χ1n) is 4.88. The van der Waals surface area contributed by atoms with E-state index in [0.29, 0.717) is 18.6 Å². The highest BCUT2D eigenvalue weighted by Crippen LogP contribution is 2.11. The highest BCUT2D eigenvalue weighted by atomic mass is 17.2. The SMILES string of the molecule is C=C(C)C(=O)O.C=C(C)C(=O)OC1CCOO1. The zero-order valence-electron chi connectivity index (χ0n) is 9.89. The number of carbonyl (C=O) groups is 2. The molecule has 1 unspecified atom stereocenters. The average molecular weight is 244 g/mol. The zero-order chi connectivity index (χ0) is 13.4. The fourth-order valence-electron chi connectivity index (χ4n) is 0.615. The summed E-state index contributed by atoms with van der Waals surface area (Å²) >= 11 is 0. The summed E-state index contributed by atoms with van der Waals surface area (Å²) in [6.45, 7) is 10.1. The molecule has 1 aliphatic rings. The van der Waals surface area contributed by atoms with Crippen LogP contribution in [0.3, 0.4) is 0 Å². The van der Waals surface area contributed by atoms with E-state index >= 15 is 0 Å². The Hall–Kier alpha value is -1.66. The van der Waals surface area contributed by atoms with Gasteiger partial charge in [0, 0.05) is 17.6 Å². The van der Waals surface area contributed by atoms with Crippen molar-refractivity contribution in [2.75, 3.05) is 6.61 Å². The van der Waals surface area contributed by atoms with Crippen LogP contribution in [0.15, 0.2) is 24.3 Å². The van der Waals surface area contributed by atoms with E-state index in [-0.39, 0.29) is 5.57 Å². The van der Waals surface area contributed by atoms with Crippen LogP contribution in [0.4, 0.5) is 0 Å². The normalized spacial score (nSPS) is 17.6. The summed E-state index contributed by atoms with van der Waals surface area (Å²) in [6, 6.07) is 0. The molecule has 1 N–H and O–H groups in total. The zero-order valence-corrected chi connectivity index (χ0v) is 9.89. The van der Waals surface area contributed by atoms with E-state index in [0.717, 1.165) is 0 Å². The minimum absolute atomic E-state index is 0.176. The smallest absolute Gasteiger partial charge is 0.335 e. The van der Waals surface area contributed by atoms with Gasteiger partial charge < -0.3 is 9.84 Å². The van der Waals surface area contributed by atoms with Crippen molar-refractivity contribution in [3.05, 3.63) is 24.3 Å². The fourth-order valence-corrected chi connectivity index (χ4v) is 0.615. The van der Waals surface area contributed by atoms with Crippen LogP contribution >= 0.6 is 0 Å². The molecule has 96 valence electrons. The van der Waals surface area contributed by atoms with Gasteiger partial charge in [0.2, 0.25) is 6.29 Å². The lowest BCUT2D eigenvalue weighted by atomic mass is 10.3. The van der Waals surface area contributed by atoms with Crippen LogP contribution < -0.4 is 0 Å². The van der Waals surface area contributed by atoms with Gasteiger partial charge in [-0.05, 0) is 13.8 Å². The summed E-state index contributed by atoms with van der Waals surface area (Å²) in [6.07, 6.45) is 0.0261. The Morgan fingerprint density at radius 2 is 1.82 bits per heavy atom. The molecule has 17 heavy (non-hydrogen) atoms. The molecule has 1 atom stereocenters. The second kappa shape index (κ2) is 7.59. The van der Waals surface area contributed by atoms with Crippen LogP contribution in [0.25, 0.3) is 0 Å². The Balaban J connectivity index is 0.000000366. The number of ether oxygens (including phenoxy) is 1. The van der Waals surface area contributed by atoms with Gasteiger partial charge in [0.25, 0.3) is 0 Å². The number of carbonyl (C=O) groups excluding carboxylic acids is 1. The Bertz CT molecular complexity index is 302. The topological polar surface area (TPSA) is 82.1 Å². The van der Waals surface area contributed by atoms with E-state index in [4.69, 9.17) is 9.84 Å². The van der Waals surface area contributed by atoms with Gasteiger partial charge in [-0.15, -0.1) is 0 Å². The van der Waals surface area contributed by atoms with E-state index in [9.17, 15) is 9.59 Å². The number of hydrogen-bond donors (Lipinski definition) is 1. The van der Waals surface area contributed by atoms with Gasteiger partial charge in [0.05, 0.1) is 6.61 Å². The van der Waals surface area contributed by atoms with Crippen LogP contribution in [0, 0.1) is 0 Å². The average Bonchev–Trinajstić information content (AvgIpc) is 2.71. The third-order valence-electron chi connectivity index (χ3n) is 1.56. The molecule has 0 radical (unpaired) electrons. The fraction of sp³-hybridized carbons (Fsp3) is 0.455. The van der Waals surface area contributed by atoms with Crippen LogP contribution in [-0.2, 0) is 24.1 Å². The molecule has 6 heteroatoms. The molecule has 1 rings (SSSR count). The number of aliphatic carboxylic acids is 1. The standard InChI is InChI=1S/C7H10O4.C4H6O2/c1-5(2)7(8)10-6-3-4-9-11-6;1-3(2)4(5)6/h6H,1,3-4H2,2H3;1H2,2H3,(H,5,6). The maximum absolute atomic E-state index is 10.8. The Kier molecular flexibility index (Phi) is 6.85. The van der Waals surface area contributed by atoms with Crippen molar-refractivity contribution in [3.63, 3.8) is 0 Å². The molecule has 1 saturated heterocycles. The van der Waals surface area contributed by atoms with Crippen molar-refractivity contribution in [2.24, 2.45) is 0 Å². The molecular weight excluding hydrogens is 228 g/mol. The lowest BCUT2D eigenvalue weighted by Gasteiger charge is -2.07. The lowest BCUT2D eigenvalue weighted by molar-refractivity contribution is -0.319. The summed E-state index contributed by atoms with van der Waals surface area (Å²) in [5, 5.41) is 7.89. The van der Waals surface area contributed by atoms with Gasteiger partial charge in [-0.1, -0.05) is 13.2 Å². The molecule has 6 nitrogen and oxygen atoms in total. The quantitative estimate of drug-likeness (QED) is 0.459. The van der Waals surface area contributed by atoms with E-state index in [1.165, 1.54) is 6.92 Å². The number of rotatable bonds is 3. The first kappa shape index (κ1) is 15.3. The van der Waals surface area contributed by atoms with Crippen molar-refractivity contribution in [2.45, 2.75) is 26.6 Å². The Morgan fingerprint density at radius 3 is 2.12 bits per heavy atom. The van der Waals surface area contributed by atoms with Gasteiger partial charge in [-0.25, -0.2) is 14.5 Å². The van der Waals surface area contributed by atoms with Gasteiger partial charge in [0.15, 0.2) is 0 Å². The molecule has 1 heterocycles. The van der Waals surface area contributed by atoms with E-state index < -0.39 is 18.2 Å². The molecule has 1 fully saturated rings. The van der Waals surface area contributed by atoms with Crippen LogP contribution in [0.2, 0.25) is 0 Å². The Labute approximate surface area is 99.4 Å². The van der Waals surface area contributed by atoms with Crippen molar-refractivity contribution in [1.82, 2.24) is 0 Å². The van der Waals surface area contributed by atoms with Crippen LogP contribution in [-0.4, -0.2) is 29.9 Å². The van der Waals surface area contributed by atoms with Gasteiger partial charge >= 0.3 is 11.9 Å². The first-order chi connectivity index (χ1) is 7.84. The maximum Gasteiger partial charge on any atom is 0.335 e. The highest BCUT2D eigenvalue weighted by Gasteiger charge is 2.21. The minimum atomic E-state index is -0.935. The molecular formula is C11H16O6. The first-order valence-corrected chi connectivity index (χ1v) is 4.88. The number of esters is 1. The summed E-state index contributed by atoms with van der Waals surface area (Å²) < 4.78 is 4.79. The van der Waals surface area contributed by atoms with Crippen molar-refractivity contribution in [3.8, 4) is 0 Å². The van der Waals surface area contributed by atoms with Crippen LogP contribution in [0.5, 0.6) is 0 Å². The molecule has 0 aliphatic carbocycles. The molecule has 0 aromatic rings. The predicted octanol–water partition coefficient (Wildman–Crippen LogP) is 1.43. The Morgan fingerprint density at radius 1 is 1.29 bits per heavy atom. The summed E-state index contributed by atoms with van der Waals surface area (Å²) in [5.74, 6) is -1.38. The second-order valence-corrected chi connectivity index (χ2v) is 3.41. The maximum atomic E-state index is 10.8. The van der Waals surface area contributed by atoms with Crippen LogP contribution in [0.1, 0.15) is 20.3 Å². The number of hydrogen-bond acceptors (Lipinski definition) is 5. The van der Waals surface area contributed by atoms with Crippen molar-refractivity contribution >= 4 is 11.9 Å². The highest BCUT2D eigenvalue weighted by molar-refractivity contribution is 5.87. The molecule has 0 spiro atoms. The summed E-state index contributed by atoms with van der Waals surface area (Å²) in [7, 11) is 0. The molecule has 0 amide bonds. The largest absolute Gasteiger partial charge is 0.478 e. The van der Waals surface area contributed by atoms with E-state index in [1.54, 1.807) is 6.92 Å². The van der Waals surface area contributed by atoms with E-state index in [1.807, 2.05) is 0 Å². The molecule has 1 aliphatic heterocycles. The summed E-state index contributed by atoms with van der Waals surface area (Å²) in [4.78, 5) is 29.6. The summed E-state index contributed by atoms with van der Waals surface area (Å²) in [5.41, 5.74) is 0.538. The van der Waals surface area contributed by atoms with Gasteiger partial charge in [0.1, 0.15) is 0 Å². The van der Waals surface area contributed by atoms with Gasteiger partial charge in [-0.2, -0.15) is 4.89 Å². The molecule has 0 saturated carbocycles.